The second kappa shape index (κ2) is 14.8. The van der Waals surface area contributed by atoms with Crippen LogP contribution in [0.4, 0.5) is 11.5 Å². The van der Waals surface area contributed by atoms with Gasteiger partial charge in [0.05, 0.1) is 29.9 Å². The molecule has 3 aromatic heterocycles. The molecule has 0 unspecified atom stereocenters. The third kappa shape index (κ3) is 7.68. The number of aryl methyl sites for hydroxylation is 1. The number of carbonyl (C=O) groups excluding carboxylic acids is 3. The van der Waals surface area contributed by atoms with Gasteiger partial charge < -0.3 is 25.0 Å². The zero-order valence-electron chi connectivity index (χ0n) is 25.5. The molecule has 0 saturated heterocycles. The average Bonchev–Trinajstić information content (AvgIpc) is 3.42. The summed E-state index contributed by atoms with van der Waals surface area (Å²) in [7, 11) is 4.92. The van der Waals surface area contributed by atoms with Crippen LogP contribution in [0.5, 0.6) is 11.8 Å². The number of imidazole rings is 1. The number of ether oxygens (including phenoxy) is 2. The van der Waals surface area contributed by atoms with Crippen LogP contribution < -0.4 is 25.0 Å². The highest BCUT2D eigenvalue weighted by Gasteiger charge is 2.20. The minimum atomic E-state index is -0.500. The molecule has 14 heteroatoms. The molecule has 0 aliphatic carbocycles. The van der Waals surface area contributed by atoms with E-state index in [2.05, 4.69) is 25.6 Å². The molecule has 0 fully saturated rings. The third-order valence-electron chi connectivity index (χ3n) is 7.06. The maximum atomic E-state index is 13.0. The van der Waals surface area contributed by atoms with E-state index in [1.165, 1.54) is 29.3 Å². The Morgan fingerprint density at radius 2 is 1.85 bits per heavy atom. The largest absolute Gasteiger partial charge is 0.486 e. The van der Waals surface area contributed by atoms with Crippen molar-refractivity contribution in [2.24, 2.45) is 7.05 Å². The number of rotatable bonds is 11. The van der Waals surface area contributed by atoms with E-state index in [4.69, 9.17) is 32.7 Å². The van der Waals surface area contributed by atoms with Crippen LogP contribution in [0.1, 0.15) is 21.6 Å². The summed E-state index contributed by atoms with van der Waals surface area (Å²) in [6.07, 6.45) is 5.80. The summed E-state index contributed by atoms with van der Waals surface area (Å²) in [5.74, 6) is -0.414. The number of hydrogen-bond acceptors (Lipinski definition) is 8. The zero-order chi connectivity index (χ0) is 33.5. The number of amides is 3. The Kier molecular flexibility index (Phi) is 10.3. The number of hydrogen-bond donors (Lipinski definition) is 2. The van der Waals surface area contributed by atoms with Gasteiger partial charge in [-0.05, 0) is 54.1 Å². The second-order valence-corrected chi connectivity index (χ2v) is 10.9. The van der Waals surface area contributed by atoms with Crippen LogP contribution in [0, 0.1) is 0 Å². The van der Waals surface area contributed by atoms with Gasteiger partial charge in [-0.2, -0.15) is 4.98 Å². The van der Waals surface area contributed by atoms with Gasteiger partial charge in [0.2, 0.25) is 11.8 Å². The molecule has 3 heterocycles. The molecule has 0 saturated carbocycles. The van der Waals surface area contributed by atoms with Gasteiger partial charge in [0.15, 0.2) is 0 Å². The quantitative estimate of drug-likeness (QED) is 0.180. The van der Waals surface area contributed by atoms with Gasteiger partial charge in [-0.3, -0.25) is 23.9 Å². The van der Waals surface area contributed by atoms with Crippen LogP contribution in [0.3, 0.4) is 0 Å². The second-order valence-electron chi connectivity index (χ2n) is 10.1. The summed E-state index contributed by atoms with van der Waals surface area (Å²) in [6, 6.07) is 17.5. The SMILES string of the molecule is COc1nc2c(OCc3c(Cl)ccc(N(C)C(=O)CNC(=O)/C=C/c4ccc(C(=O)Nc5ccccn5)nc4)c3Cl)cccc2n1C. The summed E-state index contributed by atoms with van der Waals surface area (Å²) >= 11 is 13.2. The van der Waals surface area contributed by atoms with Gasteiger partial charge in [-0.25, -0.2) is 4.98 Å². The van der Waals surface area contributed by atoms with Crippen molar-refractivity contribution in [3.63, 3.8) is 0 Å². The minimum Gasteiger partial charge on any atom is -0.486 e. The van der Waals surface area contributed by atoms with Crippen LogP contribution in [-0.4, -0.2) is 57.9 Å². The van der Waals surface area contributed by atoms with E-state index in [1.807, 2.05) is 19.2 Å². The van der Waals surface area contributed by atoms with Gasteiger partial charge in [-0.15, -0.1) is 0 Å². The van der Waals surface area contributed by atoms with Crippen molar-refractivity contribution in [3.05, 3.63) is 106 Å². The maximum Gasteiger partial charge on any atom is 0.296 e. The van der Waals surface area contributed by atoms with Crippen LogP contribution in [0.25, 0.3) is 17.1 Å². The molecule has 0 atom stereocenters. The number of para-hydroxylation sites is 1. The summed E-state index contributed by atoms with van der Waals surface area (Å²) < 4.78 is 13.2. The van der Waals surface area contributed by atoms with E-state index in [9.17, 15) is 14.4 Å². The van der Waals surface area contributed by atoms with E-state index in [0.29, 0.717) is 44.9 Å². The topological polar surface area (TPSA) is 141 Å². The standard InChI is InChI=1S/C33H29Cl2N7O5/c1-41(24-14-12-22(34)21(30(24)35)19-47-26-8-6-7-25-31(26)40-33(46-3)42(25)2)29(44)18-38-28(43)15-11-20-10-13-23(37-17-20)32(45)39-27-9-4-5-16-36-27/h4-17H,18-19H2,1-3H3,(H,38,43)(H,36,39,45)/b15-11+. The number of nitrogens with one attached hydrogen (secondary N) is 2. The Hall–Kier alpha value is -5.46. The first-order valence-electron chi connectivity index (χ1n) is 14.2. The van der Waals surface area contributed by atoms with Crippen molar-refractivity contribution >= 4 is 69.5 Å². The van der Waals surface area contributed by atoms with Gasteiger partial charge in [-0.1, -0.05) is 41.4 Å². The fourth-order valence-electron chi connectivity index (χ4n) is 4.49. The van der Waals surface area contributed by atoms with E-state index < -0.39 is 17.7 Å². The highest BCUT2D eigenvalue weighted by molar-refractivity contribution is 6.38. The molecule has 0 radical (unpaired) electrons. The Balaban J connectivity index is 1.17. The van der Waals surface area contributed by atoms with Crippen molar-refractivity contribution in [1.82, 2.24) is 24.8 Å². The lowest BCUT2D eigenvalue weighted by atomic mass is 10.2. The smallest absolute Gasteiger partial charge is 0.296 e. The number of aromatic nitrogens is 4. The Bertz CT molecular complexity index is 1960. The predicted octanol–water partition coefficient (Wildman–Crippen LogP) is 5.30. The molecule has 0 bridgehead atoms. The molecular weight excluding hydrogens is 645 g/mol. The normalized spacial score (nSPS) is 11.0. The summed E-state index contributed by atoms with van der Waals surface area (Å²) in [4.78, 5) is 51.8. The molecular formula is C33H29Cl2N7O5. The monoisotopic (exact) mass is 673 g/mol. The van der Waals surface area contributed by atoms with Gasteiger partial charge in [0.1, 0.15) is 29.4 Å². The van der Waals surface area contributed by atoms with Crippen molar-refractivity contribution in [1.29, 1.82) is 0 Å². The lowest BCUT2D eigenvalue weighted by Gasteiger charge is -2.21. The number of anilines is 2. The summed E-state index contributed by atoms with van der Waals surface area (Å²) in [5.41, 5.74) is 3.08. The van der Waals surface area contributed by atoms with E-state index in [-0.39, 0.29) is 23.9 Å². The molecule has 2 N–H and O–H groups in total. The van der Waals surface area contributed by atoms with Crippen LogP contribution >= 0.6 is 23.2 Å². The molecule has 5 aromatic rings. The van der Waals surface area contributed by atoms with E-state index in [1.54, 1.807) is 67.4 Å². The number of likely N-dealkylation sites (N-methyl/N-ethyl adjacent to an activating group) is 1. The number of carbonyl (C=O) groups is 3. The van der Waals surface area contributed by atoms with Gasteiger partial charge in [0.25, 0.3) is 11.9 Å². The molecule has 47 heavy (non-hydrogen) atoms. The fraction of sp³-hybridized carbons (Fsp3) is 0.152. The number of methoxy groups -OCH3 is 1. The summed E-state index contributed by atoms with van der Waals surface area (Å²) in [5, 5.41) is 5.80. The third-order valence-corrected chi connectivity index (χ3v) is 7.83. The highest BCUT2D eigenvalue weighted by Crippen LogP contribution is 2.35. The van der Waals surface area contributed by atoms with Crippen molar-refractivity contribution in [2.45, 2.75) is 6.61 Å². The highest BCUT2D eigenvalue weighted by atomic mass is 35.5. The number of fused-ring (bicyclic) bond motifs is 1. The van der Waals surface area contributed by atoms with Crippen molar-refractivity contribution in [2.75, 3.05) is 30.9 Å². The van der Waals surface area contributed by atoms with Crippen molar-refractivity contribution in [3.8, 4) is 11.8 Å². The number of halogens is 2. The number of benzene rings is 2. The molecule has 0 aliphatic rings. The van der Waals surface area contributed by atoms with E-state index in [0.717, 1.165) is 5.52 Å². The average molecular weight is 675 g/mol. The Morgan fingerprint density at radius 1 is 1.02 bits per heavy atom. The van der Waals surface area contributed by atoms with Crippen LogP contribution in [0.15, 0.2) is 79.1 Å². The first kappa shape index (κ1) is 32.9. The Labute approximate surface area is 279 Å². The molecule has 240 valence electrons. The molecule has 0 spiro atoms. The van der Waals surface area contributed by atoms with E-state index >= 15 is 0 Å². The zero-order valence-corrected chi connectivity index (χ0v) is 27.0. The molecule has 0 aliphatic heterocycles. The maximum absolute atomic E-state index is 13.0. The van der Waals surface area contributed by atoms with Crippen molar-refractivity contribution < 1.29 is 23.9 Å². The minimum absolute atomic E-state index is 0.0117. The number of nitrogens with zero attached hydrogens (tertiary/aromatic N) is 5. The van der Waals surface area contributed by atoms with Gasteiger partial charge >= 0.3 is 0 Å². The molecule has 12 nitrogen and oxygen atoms in total. The number of pyridine rings is 2. The first-order valence-corrected chi connectivity index (χ1v) is 14.9. The lowest BCUT2D eigenvalue weighted by molar-refractivity contribution is -0.122. The predicted molar refractivity (Wildman–Crippen MR) is 180 cm³/mol. The molecule has 2 aromatic carbocycles. The lowest BCUT2D eigenvalue weighted by Crippen LogP contribution is -2.37. The van der Waals surface area contributed by atoms with Gasteiger partial charge in [0, 0.05) is 43.2 Å². The van der Waals surface area contributed by atoms with Crippen LogP contribution in [-0.2, 0) is 23.2 Å². The first-order chi connectivity index (χ1) is 22.7. The Morgan fingerprint density at radius 3 is 2.57 bits per heavy atom. The van der Waals surface area contributed by atoms with Crippen LogP contribution in [0.2, 0.25) is 10.0 Å². The molecule has 5 rings (SSSR count). The fourth-order valence-corrected chi connectivity index (χ4v) is 5.10. The summed E-state index contributed by atoms with van der Waals surface area (Å²) in [6.45, 7) is -0.281. The molecule has 3 amide bonds.